The number of para-hydroxylation sites is 3. The van der Waals surface area contributed by atoms with Crippen molar-refractivity contribution in [3.8, 4) is 11.1 Å². The van der Waals surface area contributed by atoms with Crippen molar-refractivity contribution in [1.29, 1.82) is 0 Å². The largest absolute Gasteiger partial charge is 0.311 e. The van der Waals surface area contributed by atoms with Crippen LogP contribution in [0.4, 0.5) is 34.1 Å². The second-order valence-electron chi connectivity index (χ2n) is 14.1. The van der Waals surface area contributed by atoms with E-state index in [9.17, 15) is 0 Å². The fourth-order valence-corrected chi connectivity index (χ4v) is 10.5. The van der Waals surface area contributed by atoms with Gasteiger partial charge < -0.3 is 9.80 Å². The van der Waals surface area contributed by atoms with Crippen LogP contribution in [-0.2, 0) is 5.41 Å². The van der Waals surface area contributed by atoms with Crippen LogP contribution in [0.3, 0.4) is 0 Å². The van der Waals surface area contributed by atoms with Crippen molar-refractivity contribution in [1.82, 2.24) is 0 Å². The van der Waals surface area contributed by atoms with Crippen molar-refractivity contribution in [3.05, 3.63) is 151 Å². The summed E-state index contributed by atoms with van der Waals surface area (Å²) in [7, 11) is 0. The van der Waals surface area contributed by atoms with Crippen LogP contribution in [-0.4, -0.2) is 6.71 Å². The Hall–Kier alpha value is -5.02. The molecule has 11 rings (SSSR count). The summed E-state index contributed by atoms with van der Waals surface area (Å²) in [6.45, 7) is 0.145. The SMILES string of the molecule is c1ccc(N2c3ccccc3B3c4cc5c(cc4N(c4ccccc4)c4cccc2c43)C2(CC3CCC2C3)c2ccccc2-5)cc1. The zero-order chi connectivity index (χ0) is 30.0. The Morgan fingerprint density at radius 1 is 0.522 bits per heavy atom. The Morgan fingerprint density at radius 2 is 1.17 bits per heavy atom. The van der Waals surface area contributed by atoms with Crippen LogP contribution in [0.25, 0.3) is 11.1 Å². The lowest BCUT2D eigenvalue weighted by Crippen LogP contribution is -2.61. The molecule has 5 aliphatic rings. The quantitative estimate of drug-likeness (QED) is 0.186. The highest BCUT2D eigenvalue weighted by Gasteiger charge is 2.57. The van der Waals surface area contributed by atoms with E-state index in [0.29, 0.717) is 0 Å². The van der Waals surface area contributed by atoms with Crippen LogP contribution in [0.2, 0.25) is 0 Å². The Kier molecular flexibility index (Phi) is 4.95. The number of nitrogens with zero attached hydrogens (tertiary/aromatic N) is 2. The fraction of sp³-hybridized carbons (Fsp3) is 0.163. The molecule has 3 atom stereocenters. The molecule has 6 aromatic carbocycles. The summed E-state index contributed by atoms with van der Waals surface area (Å²) in [6, 6.07) is 52.7. The van der Waals surface area contributed by atoms with E-state index in [-0.39, 0.29) is 12.1 Å². The van der Waals surface area contributed by atoms with Gasteiger partial charge in [-0.05, 0) is 118 Å². The maximum atomic E-state index is 2.65. The first-order valence-electron chi connectivity index (χ1n) is 17.0. The van der Waals surface area contributed by atoms with Gasteiger partial charge in [0, 0.05) is 39.5 Å². The van der Waals surface area contributed by atoms with E-state index in [1.165, 1.54) is 87.3 Å². The highest BCUT2D eigenvalue weighted by Crippen LogP contribution is 2.66. The molecule has 2 heterocycles. The molecular weight excluding hydrogens is 555 g/mol. The number of rotatable bonds is 2. The van der Waals surface area contributed by atoms with Gasteiger partial charge in [-0.2, -0.15) is 0 Å². The van der Waals surface area contributed by atoms with E-state index in [4.69, 9.17) is 0 Å². The molecule has 0 amide bonds. The van der Waals surface area contributed by atoms with E-state index in [1.807, 2.05) is 0 Å². The van der Waals surface area contributed by atoms with Gasteiger partial charge in [-0.3, -0.25) is 0 Å². The Balaban J connectivity index is 1.24. The van der Waals surface area contributed by atoms with Gasteiger partial charge in [-0.1, -0.05) is 97.4 Å². The van der Waals surface area contributed by atoms with E-state index >= 15 is 0 Å². The molecule has 1 spiro atoms. The van der Waals surface area contributed by atoms with Crippen molar-refractivity contribution in [2.45, 2.75) is 31.1 Å². The molecule has 2 fully saturated rings. The Morgan fingerprint density at radius 3 is 1.89 bits per heavy atom. The van der Waals surface area contributed by atoms with Crippen LogP contribution >= 0.6 is 0 Å². The van der Waals surface area contributed by atoms with E-state index in [0.717, 1.165) is 11.8 Å². The van der Waals surface area contributed by atoms with E-state index < -0.39 is 0 Å². The Labute approximate surface area is 271 Å². The van der Waals surface area contributed by atoms with Gasteiger partial charge in [0.2, 0.25) is 0 Å². The molecule has 2 nitrogen and oxygen atoms in total. The summed E-state index contributed by atoms with van der Waals surface area (Å²) < 4.78 is 0. The monoisotopic (exact) mass is 588 g/mol. The van der Waals surface area contributed by atoms with Gasteiger partial charge in [0.15, 0.2) is 0 Å². The number of hydrogen-bond donors (Lipinski definition) is 0. The maximum absolute atomic E-state index is 2.65. The van der Waals surface area contributed by atoms with E-state index in [2.05, 4.69) is 149 Å². The van der Waals surface area contributed by atoms with E-state index in [1.54, 1.807) is 11.1 Å². The van der Waals surface area contributed by atoms with Crippen molar-refractivity contribution in [2.24, 2.45) is 11.8 Å². The lowest BCUT2D eigenvalue weighted by atomic mass is 9.33. The van der Waals surface area contributed by atoms with Gasteiger partial charge >= 0.3 is 0 Å². The first-order valence-corrected chi connectivity index (χ1v) is 17.0. The molecule has 6 aromatic rings. The molecule has 3 unspecified atom stereocenters. The number of benzene rings is 6. The first-order chi connectivity index (χ1) is 22.8. The predicted octanol–water partition coefficient (Wildman–Crippen LogP) is 8.86. The minimum absolute atomic E-state index is 0.142. The highest BCUT2D eigenvalue weighted by atomic mass is 15.2. The van der Waals surface area contributed by atoms with Gasteiger partial charge in [0.25, 0.3) is 6.71 Å². The third-order valence-electron chi connectivity index (χ3n) is 12.1. The highest BCUT2D eigenvalue weighted by molar-refractivity contribution is 7.00. The van der Waals surface area contributed by atoms with Gasteiger partial charge in [0.1, 0.15) is 0 Å². The molecule has 0 saturated heterocycles. The zero-order valence-electron chi connectivity index (χ0n) is 25.7. The topological polar surface area (TPSA) is 6.48 Å². The minimum Gasteiger partial charge on any atom is -0.311 e. The standard InChI is InChI=1S/C43H33BN2/c1-3-12-30(13-4-1)45-38-19-10-9-18-36(38)44-37-25-33-32-16-7-8-17-34(32)43(27-28-22-23-29(43)24-28)35(33)26-41(37)46(31-14-5-2-6-15-31)40-21-11-20-39(45)42(40)44/h1-21,25-26,28-29H,22-24,27H2. The lowest BCUT2D eigenvalue weighted by molar-refractivity contribution is 0.327. The Bertz CT molecular complexity index is 2210. The van der Waals surface area contributed by atoms with Gasteiger partial charge in [-0.15, -0.1) is 0 Å². The smallest absolute Gasteiger partial charge is 0.252 e. The average molecular weight is 589 g/mol. The van der Waals surface area contributed by atoms with Crippen LogP contribution in [0.1, 0.15) is 36.8 Å². The number of hydrogen-bond acceptors (Lipinski definition) is 2. The maximum Gasteiger partial charge on any atom is 0.252 e. The molecule has 0 N–H and O–H groups in total. The third-order valence-corrected chi connectivity index (χ3v) is 12.1. The van der Waals surface area contributed by atoms with Crippen LogP contribution in [0, 0.1) is 11.8 Å². The molecule has 46 heavy (non-hydrogen) atoms. The predicted molar refractivity (Wildman–Crippen MR) is 192 cm³/mol. The number of fused-ring (bicyclic) bond motifs is 12. The van der Waals surface area contributed by atoms with Crippen molar-refractivity contribution in [3.63, 3.8) is 0 Å². The summed E-state index contributed by atoms with van der Waals surface area (Å²) in [4.78, 5) is 5.05. The van der Waals surface area contributed by atoms with Crippen LogP contribution < -0.4 is 26.2 Å². The normalized spacial score (nSPS) is 22.4. The summed E-state index contributed by atoms with van der Waals surface area (Å²) in [5, 5.41) is 0. The molecule has 2 aliphatic heterocycles. The molecule has 0 radical (unpaired) electrons. The third kappa shape index (κ3) is 3.09. The molecule has 218 valence electrons. The van der Waals surface area contributed by atoms with Crippen molar-refractivity contribution in [2.75, 3.05) is 9.80 Å². The first kappa shape index (κ1) is 25.2. The van der Waals surface area contributed by atoms with Crippen LogP contribution in [0.5, 0.6) is 0 Å². The molecular formula is C43H33BN2. The summed E-state index contributed by atoms with van der Waals surface area (Å²) in [5.74, 6) is 1.59. The minimum atomic E-state index is 0.142. The average Bonchev–Trinajstić information content (AvgIpc) is 3.81. The van der Waals surface area contributed by atoms with Crippen molar-refractivity contribution < 1.29 is 0 Å². The number of anilines is 6. The second-order valence-corrected chi connectivity index (χ2v) is 14.1. The molecule has 3 heteroatoms. The molecule has 3 aliphatic carbocycles. The van der Waals surface area contributed by atoms with Gasteiger partial charge in [-0.25, -0.2) is 0 Å². The molecule has 2 bridgehead atoms. The molecule has 0 aromatic heterocycles. The fourth-order valence-electron chi connectivity index (χ4n) is 10.5. The van der Waals surface area contributed by atoms with Crippen molar-refractivity contribution >= 4 is 57.2 Å². The van der Waals surface area contributed by atoms with Crippen LogP contribution in [0.15, 0.2) is 140 Å². The summed E-state index contributed by atoms with van der Waals surface area (Å²) in [5.41, 5.74) is 18.0. The zero-order valence-corrected chi connectivity index (χ0v) is 25.7. The lowest BCUT2D eigenvalue weighted by Gasteiger charge is -2.45. The van der Waals surface area contributed by atoms with Gasteiger partial charge in [0.05, 0.1) is 0 Å². The summed E-state index contributed by atoms with van der Waals surface area (Å²) in [6.07, 6.45) is 5.43. The second kappa shape index (κ2) is 9.04. The molecule has 2 saturated carbocycles. The summed E-state index contributed by atoms with van der Waals surface area (Å²) >= 11 is 0.